The van der Waals surface area contributed by atoms with E-state index < -0.39 is 0 Å². The molecule has 0 atom stereocenters. The SMILES string of the molecule is COc1ccc(CCNC(=O)c2csc(CSc3nnc(Cc4ccccc4)n3-c3ccc(C)cc3)n2)cc1OC. The normalized spacial score (nSPS) is 10.9. The summed E-state index contributed by atoms with van der Waals surface area (Å²) in [5.74, 6) is 2.61. The number of rotatable bonds is 12. The number of carbonyl (C=O) groups excluding carboxylic acids is 1. The number of aromatic nitrogens is 4. The Morgan fingerprint density at radius 3 is 2.49 bits per heavy atom. The first-order valence-corrected chi connectivity index (χ1v) is 15.0. The molecule has 0 bridgehead atoms. The molecule has 0 aliphatic heterocycles. The van der Waals surface area contributed by atoms with E-state index in [-0.39, 0.29) is 5.91 Å². The Balaban J connectivity index is 1.22. The lowest BCUT2D eigenvalue weighted by Gasteiger charge is -2.10. The van der Waals surface area contributed by atoms with Crippen LogP contribution in [0, 0.1) is 6.92 Å². The molecule has 2 heterocycles. The number of thioether (sulfide) groups is 1. The number of thiazole rings is 1. The Kier molecular flexibility index (Phi) is 9.33. The van der Waals surface area contributed by atoms with Crippen LogP contribution in [0.25, 0.3) is 5.69 Å². The average molecular weight is 586 g/mol. The maximum atomic E-state index is 12.7. The van der Waals surface area contributed by atoms with E-state index in [1.54, 1.807) is 31.4 Å². The first-order chi connectivity index (χ1) is 20.0. The van der Waals surface area contributed by atoms with Gasteiger partial charge in [-0.05, 0) is 48.7 Å². The second kappa shape index (κ2) is 13.5. The van der Waals surface area contributed by atoms with Crippen LogP contribution < -0.4 is 14.8 Å². The van der Waals surface area contributed by atoms with E-state index >= 15 is 0 Å². The van der Waals surface area contributed by atoms with E-state index in [1.165, 1.54) is 22.5 Å². The number of carbonyl (C=O) groups is 1. The second-order valence-electron chi connectivity index (χ2n) is 9.34. The molecule has 41 heavy (non-hydrogen) atoms. The summed E-state index contributed by atoms with van der Waals surface area (Å²) in [5, 5.41) is 15.4. The van der Waals surface area contributed by atoms with Crippen molar-refractivity contribution in [3.05, 3.63) is 111 Å². The molecule has 10 heteroatoms. The smallest absolute Gasteiger partial charge is 0.270 e. The number of nitrogens with zero attached hydrogens (tertiary/aromatic N) is 4. The van der Waals surface area contributed by atoms with Crippen molar-refractivity contribution in [3.63, 3.8) is 0 Å². The van der Waals surface area contributed by atoms with Crippen LogP contribution in [0.5, 0.6) is 11.5 Å². The molecular formula is C31H31N5O3S2. The molecule has 0 aliphatic rings. The predicted molar refractivity (Wildman–Crippen MR) is 163 cm³/mol. The summed E-state index contributed by atoms with van der Waals surface area (Å²) in [6.07, 6.45) is 1.34. The Labute approximate surface area is 247 Å². The second-order valence-corrected chi connectivity index (χ2v) is 11.2. The van der Waals surface area contributed by atoms with E-state index in [0.29, 0.717) is 42.3 Å². The third-order valence-electron chi connectivity index (χ3n) is 6.45. The van der Waals surface area contributed by atoms with Gasteiger partial charge in [0.2, 0.25) is 0 Å². The van der Waals surface area contributed by atoms with Crippen molar-refractivity contribution in [2.24, 2.45) is 0 Å². The minimum Gasteiger partial charge on any atom is -0.493 e. The van der Waals surface area contributed by atoms with E-state index in [9.17, 15) is 4.79 Å². The van der Waals surface area contributed by atoms with Crippen LogP contribution >= 0.6 is 23.1 Å². The summed E-state index contributed by atoms with van der Waals surface area (Å²) in [5.41, 5.74) is 4.84. The van der Waals surface area contributed by atoms with Gasteiger partial charge in [-0.2, -0.15) is 0 Å². The summed E-state index contributed by atoms with van der Waals surface area (Å²) in [7, 11) is 3.22. The van der Waals surface area contributed by atoms with Gasteiger partial charge in [-0.1, -0.05) is 65.9 Å². The number of hydrogen-bond acceptors (Lipinski definition) is 8. The fraction of sp³-hybridized carbons (Fsp3) is 0.226. The van der Waals surface area contributed by atoms with Crippen LogP contribution in [0.1, 0.15) is 38.0 Å². The van der Waals surface area contributed by atoms with Crippen LogP contribution in [0.2, 0.25) is 0 Å². The maximum absolute atomic E-state index is 12.7. The lowest BCUT2D eigenvalue weighted by molar-refractivity contribution is 0.0949. The summed E-state index contributed by atoms with van der Waals surface area (Å²) in [6.45, 7) is 2.56. The molecule has 2 aromatic heterocycles. The zero-order valence-corrected chi connectivity index (χ0v) is 24.8. The highest BCUT2D eigenvalue weighted by Crippen LogP contribution is 2.29. The molecule has 0 spiro atoms. The van der Waals surface area contributed by atoms with Crippen LogP contribution in [-0.4, -0.2) is 46.4 Å². The number of aryl methyl sites for hydroxylation is 1. The summed E-state index contributed by atoms with van der Waals surface area (Å²) in [4.78, 5) is 17.3. The van der Waals surface area contributed by atoms with E-state index in [2.05, 4.69) is 68.4 Å². The zero-order chi connectivity index (χ0) is 28.6. The number of benzene rings is 3. The quantitative estimate of drug-likeness (QED) is 0.182. The molecule has 5 rings (SSSR count). The fourth-order valence-electron chi connectivity index (χ4n) is 4.29. The van der Waals surface area contributed by atoms with Crippen LogP contribution in [-0.2, 0) is 18.6 Å². The molecule has 0 aliphatic carbocycles. The van der Waals surface area contributed by atoms with Crippen LogP contribution in [0.15, 0.2) is 83.3 Å². The van der Waals surface area contributed by atoms with Crippen molar-refractivity contribution < 1.29 is 14.3 Å². The van der Waals surface area contributed by atoms with Crippen molar-refractivity contribution >= 4 is 29.0 Å². The van der Waals surface area contributed by atoms with Gasteiger partial charge in [-0.25, -0.2) is 4.98 Å². The van der Waals surface area contributed by atoms with E-state index in [1.807, 2.05) is 36.4 Å². The Morgan fingerprint density at radius 1 is 0.951 bits per heavy atom. The number of methoxy groups -OCH3 is 2. The van der Waals surface area contributed by atoms with Gasteiger partial charge >= 0.3 is 0 Å². The van der Waals surface area contributed by atoms with E-state index in [0.717, 1.165) is 27.2 Å². The van der Waals surface area contributed by atoms with Crippen LogP contribution in [0.4, 0.5) is 0 Å². The van der Waals surface area contributed by atoms with Gasteiger partial charge in [0, 0.05) is 24.0 Å². The molecular weight excluding hydrogens is 555 g/mol. The Bertz CT molecular complexity index is 1600. The van der Waals surface area contributed by atoms with Gasteiger partial charge < -0.3 is 14.8 Å². The monoisotopic (exact) mass is 585 g/mol. The van der Waals surface area contributed by atoms with Gasteiger partial charge in [0.1, 0.15) is 16.5 Å². The predicted octanol–water partition coefficient (Wildman–Crippen LogP) is 5.91. The Morgan fingerprint density at radius 2 is 1.73 bits per heavy atom. The van der Waals surface area contributed by atoms with Gasteiger partial charge in [0.25, 0.3) is 5.91 Å². The third kappa shape index (κ3) is 7.14. The highest BCUT2D eigenvalue weighted by atomic mass is 32.2. The molecule has 0 fully saturated rings. The van der Waals surface area contributed by atoms with Crippen molar-refractivity contribution in [2.45, 2.75) is 30.7 Å². The Hall–Kier alpha value is -4.15. The molecule has 8 nitrogen and oxygen atoms in total. The van der Waals surface area contributed by atoms with Crippen molar-refractivity contribution in [3.8, 4) is 17.2 Å². The molecule has 210 valence electrons. The summed E-state index contributed by atoms with van der Waals surface area (Å²) in [6, 6.07) is 24.4. The zero-order valence-electron chi connectivity index (χ0n) is 23.2. The molecule has 5 aromatic rings. The van der Waals surface area contributed by atoms with Crippen molar-refractivity contribution in [2.75, 3.05) is 20.8 Å². The standard InChI is InChI=1S/C31H31N5O3S2/c1-21-9-12-24(13-10-21)36-28(18-22-7-5-4-6-8-22)34-35-31(36)41-20-29-33-25(19-40-29)30(37)32-16-15-23-11-14-26(38-2)27(17-23)39-3/h4-14,17,19H,15-16,18,20H2,1-3H3,(H,32,37). The summed E-state index contributed by atoms with van der Waals surface area (Å²) < 4.78 is 12.8. The van der Waals surface area contributed by atoms with E-state index in [4.69, 9.17) is 9.47 Å². The average Bonchev–Trinajstić information content (AvgIpc) is 3.64. The number of ether oxygens (including phenoxy) is 2. The topological polar surface area (TPSA) is 91.2 Å². The van der Waals surface area contributed by atoms with Gasteiger partial charge in [0.15, 0.2) is 16.7 Å². The fourth-order valence-corrected chi connectivity index (χ4v) is 6.06. The molecule has 1 N–H and O–H groups in total. The van der Waals surface area contributed by atoms with Gasteiger partial charge in [-0.3, -0.25) is 9.36 Å². The largest absolute Gasteiger partial charge is 0.493 e. The molecule has 0 unspecified atom stereocenters. The minimum absolute atomic E-state index is 0.189. The van der Waals surface area contributed by atoms with Crippen molar-refractivity contribution in [1.82, 2.24) is 25.1 Å². The first kappa shape index (κ1) is 28.4. The summed E-state index contributed by atoms with van der Waals surface area (Å²) >= 11 is 3.03. The molecule has 1 amide bonds. The number of nitrogens with one attached hydrogen (secondary N) is 1. The third-order valence-corrected chi connectivity index (χ3v) is 8.43. The maximum Gasteiger partial charge on any atom is 0.270 e. The lowest BCUT2D eigenvalue weighted by atomic mass is 10.1. The number of hydrogen-bond donors (Lipinski definition) is 1. The van der Waals surface area contributed by atoms with Crippen LogP contribution in [0.3, 0.4) is 0 Å². The molecule has 0 saturated carbocycles. The van der Waals surface area contributed by atoms with Crippen molar-refractivity contribution in [1.29, 1.82) is 0 Å². The van der Waals surface area contributed by atoms with Gasteiger partial charge in [0.05, 0.1) is 20.0 Å². The van der Waals surface area contributed by atoms with Gasteiger partial charge in [-0.15, -0.1) is 21.5 Å². The molecule has 3 aromatic carbocycles. The highest BCUT2D eigenvalue weighted by Gasteiger charge is 2.17. The number of amides is 1. The molecule has 0 radical (unpaired) electrons. The minimum atomic E-state index is -0.189. The first-order valence-electron chi connectivity index (χ1n) is 13.2. The lowest BCUT2D eigenvalue weighted by Crippen LogP contribution is -2.26. The molecule has 0 saturated heterocycles. The highest BCUT2D eigenvalue weighted by molar-refractivity contribution is 7.98.